The van der Waals surface area contributed by atoms with E-state index in [-0.39, 0.29) is 12.2 Å². The molecule has 0 bridgehead atoms. The Labute approximate surface area is 141 Å². The van der Waals surface area contributed by atoms with Crippen LogP contribution < -0.4 is 0 Å². The summed E-state index contributed by atoms with van der Waals surface area (Å²) in [4.78, 5) is 27.2. The molecule has 0 saturated carbocycles. The summed E-state index contributed by atoms with van der Waals surface area (Å²) in [6.07, 6.45) is 4.45. The van der Waals surface area contributed by atoms with Crippen molar-refractivity contribution in [3.8, 4) is 0 Å². The summed E-state index contributed by atoms with van der Waals surface area (Å²) >= 11 is 0. The number of hydrogen-bond donors (Lipinski definition) is 0. The summed E-state index contributed by atoms with van der Waals surface area (Å²) in [5, 5.41) is 0. The van der Waals surface area contributed by atoms with E-state index >= 15 is 0 Å². The third kappa shape index (κ3) is 4.28. The zero-order valence-corrected chi connectivity index (χ0v) is 13.6. The zero-order valence-electron chi connectivity index (χ0n) is 13.6. The van der Waals surface area contributed by atoms with Crippen LogP contribution in [0.1, 0.15) is 18.4 Å². The van der Waals surface area contributed by atoms with E-state index in [1.807, 2.05) is 36.4 Å². The average Bonchev–Trinajstić information content (AvgIpc) is 2.63. The molecule has 128 valence electrons. The molecule has 0 spiro atoms. The summed E-state index contributed by atoms with van der Waals surface area (Å²) in [6, 6.07) is 9.66. The number of likely N-dealkylation sites (tertiary alicyclic amines) is 1. The number of rotatable bonds is 4. The maximum atomic E-state index is 12.1. The molecular formula is C18H22N2O4. The summed E-state index contributed by atoms with van der Waals surface area (Å²) in [7, 11) is 0. The van der Waals surface area contributed by atoms with Crippen molar-refractivity contribution in [1.82, 2.24) is 9.80 Å². The lowest BCUT2D eigenvalue weighted by Crippen LogP contribution is -2.43. The van der Waals surface area contributed by atoms with Crippen molar-refractivity contribution in [2.24, 2.45) is 5.92 Å². The van der Waals surface area contributed by atoms with Crippen LogP contribution in [0.3, 0.4) is 0 Å². The first kappa shape index (κ1) is 16.4. The number of nitrogens with zero attached hydrogens (tertiary/aromatic N) is 2. The molecule has 2 heterocycles. The second-order valence-electron chi connectivity index (χ2n) is 6.13. The van der Waals surface area contributed by atoms with Gasteiger partial charge in [-0.3, -0.25) is 0 Å². The van der Waals surface area contributed by atoms with Crippen LogP contribution in [0, 0.1) is 5.92 Å². The third-order valence-corrected chi connectivity index (χ3v) is 4.41. The smallest absolute Gasteiger partial charge is 0.414 e. The van der Waals surface area contributed by atoms with Gasteiger partial charge in [0.15, 0.2) is 0 Å². The zero-order chi connectivity index (χ0) is 16.8. The Morgan fingerprint density at radius 3 is 2.67 bits per heavy atom. The number of carbonyl (C=O) groups excluding carboxylic acids is 2. The summed E-state index contributed by atoms with van der Waals surface area (Å²) in [6.45, 7) is 2.90. The van der Waals surface area contributed by atoms with E-state index in [2.05, 4.69) is 0 Å². The summed E-state index contributed by atoms with van der Waals surface area (Å²) in [5.74, 6) is 0.391. The molecule has 0 aromatic heterocycles. The molecule has 0 radical (unpaired) electrons. The Morgan fingerprint density at radius 1 is 1.21 bits per heavy atom. The minimum Gasteiger partial charge on any atom is -0.445 e. The van der Waals surface area contributed by atoms with Crippen LogP contribution in [0.25, 0.3) is 0 Å². The van der Waals surface area contributed by atoms with Crippen LogP contribution in [0.15, 0.2) is 42.7 Å². The molecule has 1 fully saturated rings. The normalized spacial score (nSPS) is 18.4. The highest BCUT2D eigenvalue weighted by Crippen LogP contribution is 2.20. The van der Waals surface area contributed by atoms with E-state index in [1.165, 1.54) is 6.26 Å². The molecule has 3 rings (SSSR count). The van der Waals surface area contributed by atoms with Crippen molar-refractivity contribution in [3.63, 3.8) is 0 Å². The average molecular weight is 330 g/mol. The SMILES string of the molecule is O=C1OC=CCN1CC1CCN(C(=O)OCc2ccccc2)CC1. The van der Waals surface area contributed by atoms with Crippen molar-refractivity contribution in [2.75, 3.05) is 26.2 Å². The second-order valence-corrected chi connectivity index (χ2v) is 6.13. The first-order chi connectivity index (χ1) is 11.7. The lowest BCUT2D eigenvalue weighted by atomic mass is 9.96. The van der Waals surface area contributed by atoms with Gasteiger partial charge in [-0.05, 0) is 30.4 Å². The lowest BCUT2D eigenvalue weighted by molar-refractivity contribution is 0.0751. The van der Waals surface area contributed by atoms with Crippen LogP contribution in [0.2, 0.25) is 0 Å². The van der Waals surface area contributed by atoms with Gasteiger partial charge in [-0.15, -0.1) is 0 Å². The summed E-state index contributed by atoms with van der Waals surface area (Å²) < 4.78 is 10.3. The molecule has 0 unspecified atom stereocenters. The first-order valence-corrected chi connectivity index (χ1v) is 8.28. The van der Waals surface area contributed by atoms with Crippen molar-refractivity contribution < 1.29 is 19.1 Å². The highest BCUT2D eigenvalue weighted by Gasteiger charge is 2.27. The van der Waals surface area contributed by atoms with E-state index in [1.54, 1.807) is 9.80 Å². The van der Waals surface area contributed by atoms with Gasteiger partial charge in [0.2, 0.25) is 0 Å². The Bertz CT molecular complexity index is 594. The number of ether oxygens (including phenoxy) is 2. The van der Waals surface area contributed by atoms with Crippen molar-refractivity contribution in [3.05, 3.63) is 48.2 Å². The minimum atomic E-state index is -0.290. The fraction of sp³-hybridized carbons (Fsp3) is 0.444. The first-order valence-electron chi connectivity index (χ1n) is 8.28. The van der Waals surface area contributed by atoms with Gasteiger partial charge in [-0.25, -0.2) is 9.59 Å². The maximum absolute atomic E-state index is 12.1. The minimum absolute atomic E-state index is 0.266. The Morgan fingerprint density at radius 2 is 1.96 bits per heavy atom. The van der Waals surface area contributed by atoms with Gasteiger partial charge in [0.05, 0.1) is 6.26 Å². The summed E-state index contributed by atoms with van der Waals surface area (Å²) in [5.41, 5.74) is 0.984. The second kappa shape index (κ2) is 7.86. The van der Waals surface area contributed by atoms with Gasteiger partial charge in [0.1, 0.15) is 6.61 Å². The van der Waals surface area contributed by atoms with Crippen LogP contribution in [-0.4, -0.2) is 48.2 Å². The number of amides is 2. The van der Waals surface area contributed by atoms with E-state index in [4.69, 9.17) is 9.47 Å². The molecule has 0 N–H and O–H groups in total. The largest absolute Gasteiger partial charge is 0.445 e. The molecule has 2 amide bonds. The van der Waals surface area contributed by atoms with Gasteiger partial charge in [-0.2, -0.15) is 0 Å². The van der Waals surface area contributed by atoms with Gasteiger partial charge >= 0.3 is 12.2 Å². The number of carbonyl (C=O) groups is 2. The quantitative estimate of drug-likeness (QED) is 0.851. The van der Waals surface area contributed by atoms with Crippen LogP contribution in [-0.2, 0) is 16.1 Å². The van der Waals surface area contributed by atoms with Crippen molar-refractivity contribution in [2.45, 2.75) is 19.4 Å². The monoisotopic (exact) mass is 330 g/mol. The number of benzene rings is 1. The molecule has 2 aliphatic heterocycles. The standard InChI is InChI=1S/C18H22N2O4/c21-17(24-14-16-5-2-1-3-6-16)19-10-7-15(8-11-19)13-20-9-4-12-23-18(20)22/h1-6,12,15H,7-11,13-14H2. The van der Waals surface area contributed by atoms with Crippen LogP contribution in [0.4, 0.5) is 9.59 Å². The Hall–Kier alpha value is -2.50. The molecule has 0 aliphatic carbocycles. The number of hydrogen-bond acceptors (Lipinski definition) is 4. The molecule has 24 heavy (non-hydrogen) atoms. The van der Waals surface area contributed by atoms with E-state index in [0.717, 1.165) is 18.4 Å². The molecular weight excluding hydrogens is 308 g/mol. The highest BCUT2D eigenvalue weighted by molar-refractivity contribution is 5.69. The molecule has 1 aromatic rings. The fourth-order valence-corrected chi connectivity index (χ4v) is 3.00. The Balaban J connectivity index is 1.40. The van der Waals surface area contributed by atoms with Gasteiger partial charge in [0.25, 0.3) is 0 Å². The lowest BCUT2D eigenvalue weighted by Gasteiger charge is -2.34. The van der Waals surface area contributed by atoms with Crippen molar-refractivity contribution in [1.29, 1.82) is 0 Å². The fourth-order valence-electron chi connectivity index (χ4n) is 3.00. The van der Waals surface area contributed by atoms with E-state index < -0.39 is 0 Å². The molecule has 6 heteroatoms. The number of cyclic esters (lactones) is 1. The predicted octanol–water partition coefficient (Wildman–Crippen LogP) is 3.00. The molecule has 0 atom stereocenters. The van der Waals surface area contributed by atoms with E-state index in [0.29, 0.717) is 38.7 Å². The molecule has 2 aliphatic rings. The topological polar surface area (TPSA) is 59.1 Å². The molecule has 1 saturated heterocycles. The van der Waals surface area contributed by atoms with Crippen LogP contribution in [0.5, 0.6) is 0 Å². The van der Waals surface area contributed by atoms with Crippen molar-refractivity contribution >= 4 is 12.2 Å². The third-order valence-electron chi connectivity index (χ3n) is 4.41. The predicted molar refractivity (Wildman–Crippen MR) is 88.1 cm³/mol. The number of piperidine rings is 1. The Kier molecular flexibility index (Phi) is 5.36. The molecule has 1 aromatic carbocycles. The highest BCUT2D eigenvalue weighted by atomic mass is 16.6. The van der Waals surface area contributed by atoms with Gasteiger partial charge in [-0.1, -0.05) is 30.3 Å². The van der Waals surface area contributed by atoms with Gasteiger partial charge in [0, 0.05) is 26.2 Å². The van der Waals surface area contributed by atoms with Crippen LogP contribution >= 0.6 is 0 Å². The van der Waals surface area contributed by atoms with E-state index in [9.17, 15) is 9.59 Å². The molecule has 6 nitrogen and oxygen atoms in total. The maximum Gasteiger partial charge on any atom is 0.414 e. The van der Waals surface area contributed by atoms with Gasteiger partial charge < -0.3 is 19.3 Å².